The number of fused-ring (bicyclic) bond motifs is 1. The number of hydrogen-bond donors (Lipinski definition) is 1. The Morgan fingerprint density at radius 3 is 2.20 bits per heavy atom. The van der Waals surface area contributed by atoms with Crippen molar-refractivity contribution in [2.75, 3.05) is 0 Å². The molecule has 0 heterocycles. The molecule has 7 heteroatoms. The van der Waals surface area contributed by atoms with Gasteiger partial charge < -0.3 is 5.11 Å². The number of halogens is 6. The van der Waals surface area contributed by atoms with Gasteiger partial charge in [0.15, 0.2) is 0 Å². The van der Waals surface area contributed by atoms with Crippen molar-refractivity contribution < 1.29 is 27.1 Å². The van der Waals surface area contributed by atoms with Gasteiger partial charge in [0, 0.05) is 11.0 Å². The van der Waals surface area contributed by atoms with E-state index in [-0.39, 0.29) is 0 Å². The summed E-state index contributed by atoms with van der Waals surface area (Å²) in [5.74, 6) is -4.91. The summed E-state index contributed by atoms with van der Waals surface area (Å²) in [6.45, 7) is 3.36. The van der Waals surface area contributed by atoms with Crippen molar-refractivity contribution in [1.29, 1.82) is 0 Å². The molecule has 1 aliphatic carbocycles. The second kappa shape index (κ2) is 4.40. The van der Waals surface area contributed by atoms with E-state index in [2.05, 4.69) is 15.9 Å². The van der Waals surface area contributed by atoms with E-state index in [4.69, 9.17) is 0 Å². The van der Waals surface area contributed by atoms with E-state index in [1.807, 2.05) is 0 Å². The van der Waals surface area contributed by atoms with Crippen molar-refractivity contribution in [3.05, 3.63) is 34.9 Å². The summed E-state index contributed by atoms with van der Waals surface area (Å²) < 4.78 is 64.0. The first kappa shape index (κ1) is 15.7. The molecule has 0 unspecified atom stereocenters. The fraction of sp³-hybridized carbons (Fsp3) is 0.538. The molecule has 20 heavy (non-hydrogen) atoms. The molecule has 0 spiro atoms. The van der Waals surface area contributed by atoms with Crippen LogP contribution in [0.5, 0.6) is 0 Å². The highest BCUT2D eigenvalue weighted by atomic mass is 79.9. The monoisotopic (exact) mass is 358 g/mol. The maximum Gasteiger partial charge on any atom is 0.458 e. The molecule has 0 saturated carbocycles. The van der Waals surface area contributed by atoms with Gasteiger partial charge in [0.2, 0.25) is 0 Å². The number of hydrogen-bond acceptors (Lipinski definition) is 1. The molecule has 2 atom stereocenters. The Balaban J connectivity index is 2.58. The average Bonchev–Trinajstić information content (AvgIpc) is 2.50. The molecule has 0 aromatic heterocycles. The molecule has 0 bridgehead atoms. The van der Waals surface area contributed by atoms with Crippen LogP contribution in [0.15, 0.2) is 18.2 Å². The van der Waals surface area contributed by atoms with Gasteiger partial charge >= 0.3 is 12.1 Å². The van der Waals surface area contributed by atoms with Crippen LogP contribution in [0.2, 0.25) is 0 Å². The summed E-state index contributed by atoms with van der Waals surface area (Å²) in [5.41, 5.74) is -1.18. The molecule has 1 N–H and O–H groups in total. The van der Waals surface area contributed by atoms with Gasteiger partial charge in [-0.15, -0.1) is 0 Å². The molecule has 1 aromatic rings. The molecule has 112 valence electrons. The minimum atomic E-state index is -5.64. The van der Waals surface area contributed by atoms with Crippen molar-refractivity contribution in [3.63, 3.8) is 0 Å². The van der Waals surface area contributed by atoms with E-state index in [0.717, 1.165) is 18.2 Å². The van der Waals surface area contributed by atoms with Gasteiger partial charge in [0.1, 0.15) is 0 Å². The van der Waals surface area contributed by atoms with Crippen molar-refractivity contribution in [3.8, 4) is 0 Å². The average molecular weight is 359 g/mol. The summed E-state index contributed by atoms with van der Waals surface area (Å²) in [5, 5.41) is 9.98. The summed E-state index contributed by atoms with van der Waals surface area (Å²) in [6, 6.07) is 2.70. The Morgan fingerprint density at radius 2 is 1.70 bits per heavy atom. The van der Waals surface area contributed by atoms with Crippen LogP contribution in [0.1, 0.15) is 36.6 Å². The first-order valence-corrected chi connectivity index (χ1v) is 6.74. The molecule has 0 fully saturated rings. The van der Waals surface area contributed by atoms with E-state index >= 15 is 0 Å². The number of benzene rings is 1. The Hall–Kier alpha value is -0.690. The van der Waals surface area contributed by atoms with E-state index in [0.29, 0.717) is 11.1 Å². The van der Waals surface area contributed by atoms with Crippen LogP contribution in [0.25, 0.3) is 0 Å². The van der Waals surface area contributed by atoms with Gasteiger partial charge in [-0.2, -0.15) is 22.0 Å². The molecular formula is C13H12BrF5O. The molecular weight excluding hydrogens is 347 g/mol. The molecule has 0 aliphatic heterocycles. The van der Waals surface area contributed by atoms with Crippen molar-refractivity contribution in [2.24, 2.45) is 0 Å². The lowest BCUT2D eigenvalue weighted by atomic mass is 9.85. The molecule has 1 aromatic carbocycles. The molecule has 2 rings (SSSR count). The zero-order chi connectivity index (χ0) is 15.5. The van der Waals surface area contributed by atoms with Gasteiger partial charge in [-0.25, -0.2) is 0 Å². The Bertz CT molecular complexity index is 538. The third-order valence-corrected chi connectivity index (χ3v) is 5.40. The first-order valence-electron chi connectivity index (χ1n) is 5.82. The van der Waals surface area contributed by atoms with E-state index < -0.39 is 34.0 Å². The van der Waals surface area contributed by atoms with Gasteiger partial charge in [-0.05, 0) is 17.2 Å². The van der Waals surface area contributed by atoms with Gasteiger partial charge in [-0.1, -0.05) is 41.9 Å². The van der Waals surface area contributed by atoms with Crippen LogP contribution in [0, 0.1) is 0 Å². The largest absolute Gasteiger partial charge is 0.458 e. The van der Waals surface area contributed by atoms with Crippen LogP contribution in [-0.4, -0.2) is 16.1 Å². The van der Waals surface area contributed by atoms with Gasteiger partial charge in [0.25, 0.3) is 0 Å². The standard InChI is InChI=1S/C13H12BrF5O/c1-11(2)8-5-6(12(15,16)13(17,18)19)3-4-7(8)9(20)10(11)14/h3-5,9-10,20H,1-2H3/t9-,10+/m1/s1. The van der Waals surface area contributed by atoms with Crippen LogP contribution in [0.3, 0.4) is 0 Å². The Labute approximate surface area is 120 Å². The zero-order valence-electron chi connectivity index (χ0n) is 10.6. The van der Waals surface area contributed by atoms with E-state index in [9.17, 15) is 27.1 Å². The Kier molecular flexibility index (Phi) is 3.45. The lowest BCUT2D eigenvalue weighted by Crippen LogP contribution is -2.34. The van der Waals surface area contributed by atoms with Crippen LogP contribution >= 0.6 is 15.9 Å². The molecule has 1 nitrogen and oxygen atoms in total. The fourth-order valence-corrected chi connectivity index (χ4v) is 2.96. The summed E-state index contributed by atoms with van der Waals surface area (Å²) in [6.07, 6.45) is -6.58. The van der Waals surface area contributed by atoms with Crippen molar-refractivity contribution in [2.45, 2.75) is 42.3 Å². The quantitative estimate of drug-likeness (QED) is 0.581. The third-order valence-electron chi connectivity index (χ3n) is 3.75. The van der Waals surface area contributed by atoms with Crippen molar-refractivity contribution in [1.82, 2.24) is 0 Å². The molecule has 0 saturated heterocycles. The highest BCUT2D eigenvalue weighted by Crippen LogP contribution is 2.51. The molecule has 1 aliphatic rings. The highest BCUT2D eigenvalue weighted by Gasteiger charge is 2.59. The van der Waals surface area contributed by atoms with Crippen molar-refractivity contribution >= 4 is 15.9 Å². The van der Waals surface area contributed by atoms with Gasteiger partial charge in [-0.3, -0.25) is 0 Å². The highest BCUT2D eigenvalue weighted by molar-refractivity contribution is 9.09. The predicted octanol–water partition coefficient (Wildman–Crippen LogP) is 4.43. The fourth-order valence-electron chi connectivity index (χ4n) is 2.43. The smallest absolute Gasteiger partial charge is 0.387 e. The third kappa shape index (κ3) is 2.06. The summed E-state index contributed by atoms with van der Waals surface area (Å²) in [4.78, 5) is -0.445. The lowest BCUT2D eigenvalue weighted by molar-refractivity contribution is -0.289. The number of alkyl halides is 6. The van der Waals surface area contributed by atoms with Crippen LogP contribution in [-0.2, 0) is 11.3 Å². The Morgan fingerprint density at radius 1 is 1.15 bits per heavy atom. The van der Waals surface area contributed by atoms with Crippen LogP contribution in [0.4, 0.5) is 22.0 Å². The second-order valence-electron chi connectivity index (χ2n) is 5.44. The number of rotatable bonds is 1. The number of aliphatic hydroxyl groups excluding tert-OH is 1. The second-order valence-corrected chi connectivity index (χ2v) is 6.43. The van der Waals surface area contributed by atoms with Gasteiger partial charge in [0.05, 0.1) is 10.9 Å². The van der Waals surface area contributed by atoms with Crippen LogP contribution < -0.4 is 0 Å². The minimum absolute atomic E-state index is 0.299. The first-order chi connectivity index (χ1) is 8.90. The normalized spacial score (nSPS) is 25.6. The molecule has 0 radical (unpaired) electrons. The minimum Gasteiger partial charge on any atom is -0.387 e. The molecule has 0 amide bonds. The topological polar surface area (TPSA) is 20.2 Å². The summed E-state index contributed by atoms with van der Waals surface area (Å²) >= 11 is 3.26. The van der Waals surface area contributed by atoms with E-state index in [1.165, 1.54) is 0 Å². The zero-order valence-corrected chi connectivity index (χ0v) is 12.2. The SMILES string of the molecule is CC1(C)c2cc(C(F)(F)C(F)(F)F)ccc2[C@@H](O)[C@@H]1Br. The maximum absolute atomic E-state index is 13.4. The number of aliphatic hydroxyl groups is 1. The lowest BCUT2D eigenvalue weighted by Gasteiger charge is -2.26. The van der Waals surface area contributed by atoms with E-state index in [1.54, 1.807) is 13.8 Å². The predicted molar refractivity (Wildman–Crippen MR) is 67.1 cm³/mol. The summed E-state index contributed by atoms with van der Waals surface area (Å²) in [7, 11) is 0. The maximum atomic E-state index is 13.4.